The first-order valence-electron chi connectivity index (χ1n) is 6.78. The van der Waals surface area contributed by atoms with Crippen molar-refractivity contribution in [3.05, 3.63) is 58.9 Å². The lowest BCUT2D eigenvalue weighted by molar-refractivity contribution is 0.0696. The Labute approximate surface area is 119 Å². The molecule has 2 aromatic rings. The molecule has 0 saturated carbocycles. The normalized spacial score (nSPS) is 11.6. The fraction of sp³-hybridized carbons (Fsp3) is 0.353. The summed E-state index contributed by atoms with van der Waals surface area (Å²) in [5.41, 5.74) is 3.34. The van der Waals surface area contributed by atoms with Crippen LogP contribution in [0.4, 0.5) is 0 Å². The highest BCUT2D eigenvalue weighted by molar-refractivity contribution is 5.89. The van der Waals surface area contributed by atoms with E-state index in [1.165, 1.54) is 5.56 Å². The maximum Gasteiger partial charge on any atom is 0.337 e. The lowest BCUT2D eigenvalue weighted by atomic mass is 9.91. The Kier molecular flexibility index (Phi) is 3.71. The Balaban J connectivity index is 2.53. The SMILES string of the molecule is Cc1c(C(=O)O)cc(C(C)(C)C)n1Cc1ccccc1. The summed E-state index contributed by atoms with van der Waals surface area (Å²) in [4.78, 5) is 11.4. The molecule has 0 bridgehead atoms. The van der Waals surface area contributed by atoms with Gasteiger partial charge in [0.1, 0.15) is 0 Å². The van der Waals surface area contributed by atoms with Crippen molar-refractivity contribution < 1.29 is 9.90 Å². The van der Waals surface area contributed by atoms with Gasteiger partial charge in [-0.3, -0.25) is 0 Å². The van der Waals surface area contributed by atoms with Crippen LogP contribution in [0.2, 0.25) is 0 Å². The molecule has 3 nitrogen and oxygen atoms in total. The molecule has 1 aromatic carbocycles. The van der Waals surface area contributed by atoms with Gasteiger partial charge in [0.15, 0.2) is 0 Å². The lowest BCUT2D eigenvalue weighted by Crippen LogP contribution is -2.18. The lowest BCUT2D eigenvalue weighted by Gasteiger charge is -2.22. The molecular weight excluding hydrogens is 250 g/mol. The molecule has 0 atom stereocenters. The number of rotatable bonds is 3. The Hall–Kier alpha value is -2.03. The number of benzene rings is 1. The second-order valence-corrected chi connectivity index (χ2v) is 6.16. The quantitative estimate of drug-likeness (QED) is 0.921. The third-order valence-electron chi connectivity index (χ3n) is 3.55. The number of aromatic nitrogens is 1. The van der Waals surface area contributed by atoms with Gasteiger partial charge < -0.3 is 9.67 Å². The van der Waals surface area contributed by atoms with E-state index in [0.29, 0.717) is 12.1 Å². The minimum absolute atomic E-state index is 0.0900. The highest BCUT2D eigenvalue weighted by Gasteiger charge is 2.24. The van der Waals surface area contributed by atoms with Crippen molar-refractivity contribution in [2.75, 3.05) is 0 Å². The summed E-state index contributed by atoms with van der Waals surface area (Å²) < 4.78 is 2.11. The summed E-state index contributed by atoms with van der Waals surface area (Å²) in [6.07, 6.45) is 0. The van der Waals surface area contributed by atoms with Crippen LogP contribution in [0.15, 0.2) is 36.4 Å². The largest absolute Gasteiger partial charge is 0.478 e. The van der Waals surface area contributed by atoms with E-state index < -0.39 is 5.97 Å². The van der Waals surface area contributed by atoms with Crippen LogP contribution < -0.4 is 0 Å². The van der Waals surface area contributed by atoms with Crippen molar-refractivity contribution in [2.45, 2.75) is 39.7 Å². The van der Waals surface area contributed by atoms with Gasteiger partial charge in [-0.05, 0) is 18.6 Å². The molecular formula is C17H21NO2. The molecule has 0 unspecified atom stereocenters. The molecule has 0 radical (unpaired) electrons. The highest BCUT2D eigenvalue weighted by atomic mass is 16.4. The van der Waals surface area contributed by atoms with Crippen LogP contribution in [-0.2, 0) is 12.0 Å². The van der Waals surface area contributed by atoms with E-state index >= 15 is 0 Å². The molecule has 1 N–H and O–H groups in total. The van der Waals surface area contributed by atoms with Crippen molar-refractivity contribution in [3.8, 4) is 0 Å². The second-order valence-electron chi connectivity index (χ2n) is 6.16. The summed E-state index contributed by atoms with van der Waals surface area (Å²) in [5, 5.41) is 9.32. The van der Waals surface area contributed by atoms with Gasteiger partial charge in [0.2, 0.25) is 0 Å². The zero-order chi connectivity index (χ0) is 14.9. The zero-order valence-electron chi connectivity index (χ0n) is 12.5. The van der Waals surface area contributed by atoms with E-state index in [4.69, 9.17) is 0 Å². The Morgan fingerprint density at radius 2 is 1.80 bits per heavy atom. The van der Waals surface area contributed by atoms with Crippen LogP contribution in [0.1, 0.15) is 48.1 Å². The van der Waals surface area contributed by atoms with Gasteiger partial charge in [-0.15, -0.1) is 0 Å². The van der Waals surface area contributed by atoms with Gasteiger partial charge in [-0.1, -0.05) is 51.1 Å². The number of carbonyl (C=O) groups is 1. The number of carboxylic acids is 1. The van der Waals surface area contributed by atoms with Crippen molar-refractivity contribution in [2.24, 2.45) is 0 Å². The smallest absolute Gasteiger partial charge is 0.337 e. The molecule has 0 amide bonds. The van der Waals surface area contributed by atoms with Crippen LogP contribution in [0.5, 0.6) is 0 Å². The molecule has 0 fully saturated rings. The summed E-state index contributed by atoms with van der Waals surface area (Å²) in [6.45, 7) is 8.90. The van der Waals surface area contributed by atoms with Gasteiger partial charge in [-0.2, -0.15) is 0 Å². The van der Waals surface area contributed by atoms with E-state index in [9.17, 15) is 9.90 Å². The summed E-state index contributed by atoms with van der Waals surface area (Å²) in [6, 6.07) is 11.9. The van der Waals surface area contributed by atoms with E-state index in [1.54, 1.807) is 6.07 Å². The number of hydrogen-bond acceptors (Lipinski definition) is 1. The molecule has 0 spiro atoms. The van der Waals surface area contributed by atoms with Gasteiger partial charge in [-0.25, -0.2) is 4.79 Å². The minimum Gasteiger partial charge on any atom is -0.478 e. The molecule has 20 heavy (non-hydrogen) atoms. The molecule has 0 aliphatic rings. The standard InChI is InChI=1S/C17H21NO2/c1-12-14(16(19)20)10-15(17(2,3)4)18(12)11-13-8-6-5-7-9-13/h5-10H,11H2,1-4H3,(H,19,20). The van der Waals surface area contributed by atoms with Crippen molar-refractivity contribution in [1.82, 2.24) is 4.57 Å². The average Bonchev–Trinajstić information content (AvgIpc) is 2.68. The summed E-state index contributed by atoms with van der Waals surface area (Å²) in [7, 11) is 0. The molecule has 1 heterocycles. The van der Waals surface area contributed by atoms with E-state index in [2.05, 4.69) is 37.5 Å². The molecule has 2 rings (SSSR count). The minimum atomic E-state index is -0.861. The average molecular weight is 271 g/mol. The van der Waals surface area contributed by atoms with Gasteiger partial charge in [0.05, 0.1) is 5.56 Å². The molecule has 1 aromatic heterocycles. The molecule has 0 aliphatic carbocycles. The van der Waals surface area contributed by atoms with Crippen molar-refractivity contribution >= 4 is 5.97 Å². The molecule has 106 valence electrons. The van der Waals surface area contributed by atoms with E-state index in [0.717, 1.165) is 11.4 Å². The number of carboxylic acid groups (broad SMARTS) is 1. The highest BCUT2D eigenvalue weighted by Crippen LogP contribution is 2.28. The van der Waals surface area contributed by atoms with Crippen LogP contribution in [-0.4, -0.2) is 15.6 Å². The third kappa shape index (κ3) is 2.77. The monoisotopic (exact) mass is 271 g/mol. The maximum atomic E-state index is 11.4. The first kappa shape index (κ1) is 14.4. The molecule has 0 saturated heterocycles. The van der Waals surface area contributed by atoms with Gasteiger partial charge in [0, 0.05) is 23.3 Å². The predicted octanol–water partition coefficient (Wildman–Crippen LogP) is 3.84. The maximum absolute atomic E-state index is 11.4. The topological polar surface area (TPSA) is 42.2 Å². The Morgan fingerprint density at radius 1 is 1.20 bits per heavy atom. The van der Waals surface area contributed by atoms with Crippen molar-refractivity contribution in [3.63, 3.8) is 0 Å². The van der Waals surface area contributed by atoms with Crippen LogP contribution >= 0.6 is 0 Å². The predicted molar refractivity (Wildman–Crippen MR) is 80.4 cm³/mol. The van der Waals surface area contributed by atoms with Crippen molar-refractivity contribution in [1.29, 1.82) is 0 Å². The molecule has 3 heteroatoms. The summed E-state index contributed by atoms with van der Waals surface area (Å²) >= 11 is 0. The zero-order valence-corrected chi connectivity index (χ0v) is 12.5. The van der Waals surface area contributed by atoms with Gasteiger partial charge >= 0.3 is 5.97 Å². The van der Waals surface area contributed by atoms with E-state index in [-0.39, 0.29) is 5.41 Å². The first-order chi connectivity index (χ1) is 9.30. The molecule has 0 aliphatic heterocycles. The Morgan fingerprint density at radius 3 is 2.30 bits per heavy atom. The van der Waals surface area contributed by atoms with Crippen LogP contribution in [0.25, 0.3) is 0 Å². The number of aromatic carboxylic acids is 1. The van der Waals surface area contributed by atoms with Gasteiger partial charge in [0.25, 0.3) is 0 Å². The van der Waals surface area contributed by atoms with Crippen LogP contribution in [0.3, 0.4) is 0 Å². The second kappa shape index (κ2) is 5.16. The van der Waals surface area contributed by atoms with E-state index in [1.807, 2.05) is 25.1 Å². The fourth-order valence-electron chi connectivity index (χ4n) is 2.45. The first-order valence-corrected chi connectivity index (χ1v) is 6.78. The number of nitrogens with zero attached hydrogens (tertiary/aromatic N) is 1. The fourth-order valence-corrected chi connectivity index (χ4v) is 2.45. The Bertz CT molecular complexity index is 618. The van der Waals surface area contributed by atoms with Crippen LogP contribution in [0, 0.1) is 6.92 Å². The number of hydrogen-bond donors (Lipinski definition) is 1. The summed E-state index contributed by atoms with van der Waals surface area (Å²) in [5.74, 6) is -0.861. The third-order valence-corrected chi connectivity index (χ3v) is 3.55.